The normalized spacial score (nSPS) is 16.2. The zero-order valence-electron chi connectivity index (χ0n) is 12.9. The minimum absolute atomic E-state index is 0.348. The van der Waals surface area contributed by atoms with Gasteiger partial charge in [-0.25, -0.2) is 8.42 Å². The number of aryl methyl sites for hydroxylation is 1. The SMILES string of the molecule is Cc1ccc(S(=O)(=O)N2CCC=C(c3ccc(Cl)cc3)C2)cc1. The van der Waals surface area contributed by atoms with Crippen LogP contribution in [0.3, 0.4) is 0 Å². The molecular formula is C18H18ClNO2S. The second-order valence-corrected chi connectivity index (χ2v) is 8.05. The van der Waals surface area contributed by atoms with Gasteiger partial charge in [-0.1, -0.05) is 47.5 Å². The molecule has 120 valence electrons. The third-order valence-electron chi connectivity index (χ3n) is 3.99. The quantitative estimate of drug-likeness (QED) is 0.837. The van der Waals surface area contributed by atoms with E-state index >= 15 is 0 Å². The van der Waals surface area contributed by atoms with E-state index in [1.54, 1.807) is 16.4 Å². The summed E-state index contributed by atoms with van der Waals surface area (Å²) in [5.74, 6) is 0. The lowest BCUT2D eigenvalue weighted by Gasteiger charge is -2.27. The number of rotatable bonds is 3. The summed E-state index contributed by atoms with van der Waals surface area (Å²) in [6.45, 7) is 2.84. The van der Waals surface area contributed by atoms with Crippen LogP contribution >= 0.6 is 11.6 Å². The summed E-state index contributed by atoms with van der Waals surface area (Å²) in [5, 5.41) is 0.675. The average molecular weight is 348 g/mol. The standard InChI is InChI=1S/C18H18ClNO2S/c1-14-4-10-18(11-5-14)23(21,22)20-12-2-3-16(13-20)15-6-8-17(19)9-7-15/h3-11H,2,12-13H2,1H3. The predicted octanol–water partition coefficient (Wildman–Crippen LogP) is 4.13. The van der Waals surface area contributed by atoms with Crippen LogP contribution in [0, 0.1) is 6.92 Å². The predicted molar refractivity (Wildman–Crippen MR) is 94.0 cm³/mol. The Balaban J connectivity index is 1.86. The molecule has 5 heteroatoms. The van der Waals surface area contributed by atoms with E-state index in [2.05, 4.69) is 6.08 Å². The Hall–Kier alpha value is -1.62. The molecule has 1 heterocycles. The molecule has 0 fully saturated rings. The third kappa shape index (κ3) is 3.50. The maximum absolute atomic E-state index is 12.8. The maximum atomic E-state index is 12.8. The Bertz CT molecular complexity index is 824. The minimum Gasteiger partial charge on any atom is -0.207 e. The van der Waals surface area contributed by atoms with Crippen LogP contribution in [0.25, 0.3) is 5.57 Å². The number of benzene rings is 2. The first-order chi connectivity index (χ1) is 11.0. The van der Waals surface area contributed by atoms with Crippen molar-refractivity contribution >= 4 is 27.2 Å². The van der Waals surface area contributed by atoms with Crippen molar-refractivity contribution in [2.24, 2.45) is 0 Å². The van der Waals surface area contributed by atoms with E-state index in [0.29, 0.717) is 29.4 Å². The minimum atomic E-state index is -3.46. The smallest absolute Gasteiger partial charge is 0.207 e. The van der Waals surface area contributed by atoms with E-state index in [9.17, 15) is 8.42 Å². The van der Waals surface area contributed by atoms with Crippen LogP contribution in [0.1, 0.15) is 17.5 Å². The molecule has 0 unspecified atom stereocenters. The van der Waals surface area contributed by atoms with Crippen LogP contribution in [0.4, 0.5) is 0 Å². The van der Waals surface area contributed by atoms with Gasteiger partial charge in [0.05, 0.1) is 4.90 Å². The van der Waals surface area contributed by atoms with Gasteiger partial charge in [0, 0.05) is 18.1 Å². The Morgan fingerprint density at radius 2 is 1.65 bits per heavy atom. The molecule has 0 spiro atoms. The van der Waals surface area contributed by atoms with Crippen molar-refractivity contribution in [2.75, 3.05) is 13.1 Å². The fourth-order valence-corrected chi connectivity index (χ4v) is 4.21. The first-order valence-electron chi connectivity index (χ1n) is 7.48. The lowest BCUT2D eigenvalue weighted by atomic mass is 10.0. The van der Waals surface area contributed by atoms with Gasteiger partial charge in [0.25, 0.3) is 0 Å². The van der Waals surface area contributed by atoms with Gasteiger partial charge >= 0.3 is 0 Å². The summed E-state index contributed by atoms with van der Waals surface area (Å²) in [4.78, 5) is 0.348. The molecule has 0 saturated heterocycles. The average Bonchev–Trinajstić information content (AvgIpc) is 2.56. The summed E-state index contributed by atoms with van der Waals surface area (Å²) >= 11 is 5.92. The summed E-state index contributed by atoms with van der Waals surface area (Å²) in [6.07, 6.45) is 2.81. The van der Waals surface area contributed by atoms with Crippen LogP contribution in [0.15, 0.2) is 59.5 Å². The van der Waals surface area contributed by atoms with Gasteiger partial charge < -0.3 is 0 Å². The molecule has 23 heavy (non-hydrogen) atoms. The van der Waals surface area contributed by atoms with E-state index in [1.807, 2.05) is 43.3 Å². The van der Waals surface area contributed by atoms with Crippen LogP contribution in [-0.4, -0.2) is 25.8 Å². The highest BCUT2D eigenvalue weighted by Gasteiger charge is 2.27. The van der Waals surface area contributed by atoms with Gasteiger partial charge in [-0.05, 0) is 48.7 Å². The molecule has 1 aliphatic heterocycles. The molecule has 0 aliphatic carbocycles. The second-order valence-electron chi connectivity index (χ2n) is 5.68. The molecule has 1 aliphatic rings. The monoisotopic (exact) mass is 347 g/mol. The molecule has 0 aromatic heterocycles. The molecule has 3 nitrogen and oxygen atoms in total. The van der Waals surface area contributed by atoms with Crippen molar-refractivity contribution in [2.45, 2.75) is 18.2 Å². The van der Waals surface area contributed by atoms with Gasteiger partial charge in [0.2, 0.25) is 10.0 Å². The Morgan fingerprint density at radius 1 is 1.00 bits per heavy atom. The summed E-state index contributed by atoms with van der Waals surface area (Å²) in [7, 11) is -3.46. The molecular weight excluding hydrogens is 330 g/mol. The first kappa shape index (κ1) is 16.2. The van der Waals surface area contributed by atoms with Gasteiger partial charge in [-0.2, -0.15) is 4.31 Å². The first-order valence-corrected chi connectivity index (χ1v) is 9.30. The van der Waals surface area contributed by atoms with Gasteiger partial charge in [0.1, 0.15) is 0 Å². The Morgan fingerprint density at radius 3 is 2.30 bits per heavy atom. The Kier molecular flexibility index (Phi) is 4.57. The molecule has 0 bridgehead atoms. The van der Waals surface area contributed by atoms with Gasteiger partial charge in [-0.3, -0.25) is 0 Å². The number of halogens is 1. The number of hydrogen-bond donors (Lipinski definition) is 0. The molecule has 0 atom stereocenters. The highest BCUT2D eigenvalue weighted by atomic mass is 35.5. The zero-order valence-corrected chi connectivity index (χ0v) is 14.4. The molecule has 2 aromatic carbocycles. The van der Waals surface area contributed by atoms with Gasteiger partial charge in [-0.15, -0.1) is 0 Å². The van der Waals surface area contributed by atoms with Crippen molar-refractivity contribution in [3.05, 3.63) is 70.8 Å². The molecule has 0 saturated carbocycles. The number of nitrogens with zero attached hydrogens (tertiary/aromatic N) is 1. The number of hydrogen-bond acceptors (Lipinski definition) is 2. The zero-order chi connectivity index (χ0) is 16.4. The Labute approximate surface area is 142 Å². The van der Waals surface area contributed by atoms with E-state index in [0.717, 1.165) is 16.7 Å². The third-order valence-corrected chi connectivity index (χ3v) is 6.10. The van der Waals surface area contributed by atoms with Crippen molar-refractivity contribution in [1.82, 2.24) is 4.31 Å². The van der Waals surface area contributed by atoms with Crippen molar-refractivity contribution in [1.29, 1.82) is 0 Å². The maximum Gasteiger partial charge on any atom is 0.243 e. The summed E-state index contributed by atoms with van der Waals surface area (Å²) in [5.41, 5.74) is 3.08. The summed E-state index contributed by atoms with van der Waals surface area (Å²) in [6, 6.07) is 14.5. The van der Waals surface area contributed by atoms with Crippen LogP contribution in [0.2, 0.25) is 5.02 Å². The second kappa shape index (κ2) is 6.48. The van der Waals surface area contributed by atoms with Crippen LogP contribution in [-0.2, 0) is 10.0 Å². The van der Waals surface area contributed by atoms with E-state index in [-0.39, 0.29) is 0 Å². The highest BCUT2D eigenvalue weighted by Crippen LogP contribution is 2.26. The van der Waals surface area contributed by atoms with Gasteiger partial charge in [0.15, 0.2) is 0 Å². The molecule has 2 aromatic rings. The van der Waals surface area contributed by atoms with Crippen molar-refractivity contribution in [3.8, 4) is 0 Å². The largest absolute Gasteiger partial charge is 0.243 e. The van der Waals surface area contributed by atoms with E-state index < -0.39 is 10.0 Å². The fourth-order valence-electron chi connectivity index (χ4n) is 2.65. The summed E-state index contributed by atoms with van der Waals surface area (Å²) < 4.78 is 27.2. The van der Waals surface area contributed by atoms with E-state index in [1.165, 1.54) is 0 Å². The topological polar surface area (TPSA) is 37.4 Å². The van der Waals surface area contributed by atoms with Crippen LogP contribution in [0.5, 0.6) is 0 Å². The molecule has 0 N–H and O–H groups in total. The lowest BCUT2D eigenvalue weighted by Crippen LogP contribution is -2.35. The van der Waals surface area contributed by atoms with Crippen LogP contribution < -0.4 is 0 Å². The van der Waals surface area contributed by atoms with Crippen molar-refractivity contribution < 1.29 is 8.42 Å². The number of sulfonamides is 1. The molecule has 3 rings (SSSR count). The molecule has 0 radical (unpaired) electrons. The highest BCUT2D eigenvalue weighted by molar-refractivity contribution is 7.89. The lowest BCUT2D eigenvalue weighted by molar-refractivity contribution is 0.443. The fraction of sp³-hybridized carbons (Fsp3) is 0.222. The van der Waals surface area contributed by atoms with Crippen molar-refractivity contribution in [3.63, 3.8) is 0 Å². The molecule has 0 amide bonds. The van der Waals surface area contributed by atoms with E-state index in [4.69, 9.17) is 11.6 Å².